The van der Waals surface area contributed by atoms with E-state index in [1.807, 2.05) is 0 Å². The van der Waals surface area contributed by atoms with Gasteiger partial charge in [-0.3, -0.25) is 9.69 Å². The molecule has 1 amide bonds. The number of nitrogens with one attached hydrogen (secondary N) is 1. The number of hydrogen-bond acceptors (Lipinski definition) is 10. The lowest BCUT2D eigenvalue weighted by atomic mass is 10.1. The van der Waals surface area contributed by atoms with E-state index in [0.29, 0.717) is 12.6 Å². The minimum absolute atomic E-state index is 0.0306. The third-order valence-electron chi connectivity index (χ3n) is 5.50. The summed E-state index contributed by atoms with van der Waals surface area (Å²) < 4.78 is 29.6. The standard InChI is InChI=1S/C17H27N3O4S.C4H6O6/c1-4-20-8-6-7-12(20)11-19-17(21)13-9-16(25(22,23)5-2)14(18)10-15(13)24-3;5-1(3(7)8)2(6)4(9)10/h9-10,12H,4-8,11,18H2,1-3H3,(H,19,21);1-2,5-6H,(H,7,8)(H,9,10)/t;1-,2-/m.1/s1. The molecule has 198 valence electrons. The number of likely N-dealkylation sites (tertiary alicyclic amines) is 1. The Labute approximate surface area is 203 Å². The van der Waals surface area contributed by atoms with Crippen LogP contribution in [0.5, 0.6) is 5.75 Å². The van der Waals surface area contributed by atoms with Gasteiger partial charge in [-0.2, -0.15) is 0 Å². The number of carbonyl (C=O) groups excluding carboxylic acids is 1. The molecule has 1 heterocycles. The lowest BCUT2D eigenvalue weighted by molar-refractivity contribution is -0.165. The summed E-state index contributed by atoms with van der Waals surface area (Å²) in [6, 6.07) is 3.02. The normalized spacial score (nSPS) is 17.6. The molecule has 1 aromatic carbocycles. The van der Waals surface area contributed by atoms with E-state index in [4.69, 9.17) is 30.9 Å². The van der Waals surface area contributed by atoms with Gasteiger partial charge in [0.1, 0.15) is 5.75 Å². The molecule has 1 aromatic rings. The lowest BCUT2D eigenvalue weighted by Gasteiger charge is -2.23. The number of nitrogens with two attached hydrogens (primary N) is 1. The fourth-order valence-corrected chi connectivity index (χ4v) is 4.49. The van der Waals surface area contributed by atoms with Crippen molar-refractivity contribution < 1.29 is 48.0 Å². The first-order valence-corrected chi connectivity index (χ1v) is 12.5. The zero-order valence-corrected chi connectivity index (χ0v) is 20.6. The molecular formula is C21H33N3O10S. The van der Waals surface area contributed by atoms with Gasteiger partial charge in [-0.15, -0.1) is 0 Å². The number of likely N-dealkylation sites (N-methyl/N-ethyl adjacent to an activating group) is 1. The summed E-state index contributed by atoms with van der Waals surface area (Å²) in [4.78, 5) is 34.4. The molecule has 0 aromatic heterocycles. The molecule has 1 aliphatic rings. The number of rotatable bonds is 10. The van der Waals surface area contributed by atoms with Crippen molar-refractivity contribution in [1.29, 1.82) is 0 Å². The number of carboxylic acid groups (broad SMARTS) is 2. The number of methoxy groups -OCH3 is 1. The average Bonchev–Trinajstić information content (AvgIpc) is 3.28. The van der Waals surface area contributed by atoms with Crippen LogP contribution in [0.1, 0.15) is 37.0 Å². The molecule has 2 rings (SSSR count). The van der Waals surface area contributed by atoms with Crippen molar-refractivity contribution in [1.82, 2.24) is 10.2 Å². The second-order valence-corrected chi connectivity index (χ2v) is 9.94. The number of anilines is 1. The first kappa shape index (κ1) is 30.1. The predicted octanol–water partition coefficient (Wildman–Crippen LogP) is -0.837. The summed E-state index contributed by atoms with van der Waals surface area (Å²) >= 11 is 0. The van der Waals surface area contributed by atoms with Crippen LogP contribution in [0, 0.1) is 0 Å². The Morgan fingerprint density at radius 1 is 1.17 bits per heavy atom. The average molecular weight is 520 g/mol. The second kappa shape index (κ2) is 13.2. The Hall–Kier alpha value is -2.94. The number of aliphatic carboxylic acids is 2. The van der Waals surface area contributed by atoms with Crippen molar-refractivity contribution in [3.05, 3.63) is 17.7 Å². The number of carboxylic acids is 2. The number of sulfone groups is 1. The molecule has 0 saturated carbocycles. The van der Waals surface area contributed by atoms with Gasteiger partial charge in [0.15, 0.2) is 22.0 Å². The predicted molar refractivity (Wildman–Crippen MR) is 125 cm³/mol. The summed E-state index contributed by atoms with van der Waals surface area (Å²) in [5.41, 5.74) is 6.11. The number of benzene rings is 1. The van der Waals surface area contributed by atoms with E-state index in [1.54, 1.807) is 0 Å². The Morgan fingerprint density at radius 2 is 1.74 bits per heavy atom. The molecule has 0 spiro atoms. The van der Waals surface area contributed by atoms with Crippen molar-refractivity contribution in [2.24, 2.45) is 0 Å². The van der Waals surface area contributed by atoms with Gasteiger partial charge in [0.05, 0.1) is 29.0 Å². The molecular weight excluding hydrogens is 486 g/mol. The van der Waals surface area contributed by atoms with Gasteiger partial charge in [-0.05, 0) is 32.0 Å². The van der Waals surface area contributed by atoms with Crippen LogP contribution in [0.4, 0.5) is 5.69 Å². The second-order valence-electron chi connectivity index (χ2n) is 7.69. The van der Waals surface area contributed by atoms with Crippen LogP contribution >= 0.6 is 0 Å². The summed E-state index contributed by atoms with van der Waals surface area (Å²) in [6.45, 7) is 6.16. The highest BCUT2D eigenvalue weighted by molar-refractivity contribution is 7.91. The number of ether oxygens (including phenoxy) is 1. The third-order valence-corrected chi connectivity index (χ3v) is 7.28. The van der Waals surface area contributed by atoms with E-state index in [1.165, 1.54) is 26.2 Å². The fourth-order valence-electron chi connectivity index (χ4n) is 3.47. The smallest absolute Gasteiger partial charge is 0.335 e. The van der Waals surface area contributed by atoms with E-state index in [2.05, 4.69) is 17.1 Å². The molecule has 14 heteroatoms. The van der Waals surface area contributed by atoms with Crippen LogP contribution in [0.2, 0.25) is 0 Å². The molecule has 1 unspecified atom stereocenters. The number of hydrogen-bond donors (Lipinski definition) is 6. The Kier molecular flexibility index (Phi) is 11.4. The van der Waals surface area contributed by atoms with Crippen molar-refractivity contribution >= 4 is 33.4 Å². The summed E-state index contributed by atoms with van der Waals surface area (Å²) in [6.07, 6.45) is -2.36. The number of carbonyl (C=O) groups is 3. The quantitative estimate of drug-likeness (QED) is 0.209. The van der Waals surface area contributed by atoms with Crippen LogP contribution in [0.25, 0.3) is 0 Å². The zero-order chi connectivity index (χ0) is 26.9. The summed E-state index contributed by atoms with van der Waals surface area (Å²) in [5, 5.41) is 35.4. The third kappa shape index (κ3) is 8.06. The van der Waals surface area contributed by atoms with Gasteiger partial charge in [-0.25, -0.2) is 18.0 Å². The molecule has 1 fully saturated rings. The Balaban J connectivity index is 0.000000518. The SMILES string of the molecule is CCN1CCCC1CNC(=O)c1cc(S(=O)(=O)CC)c(N)cc1OC.O=C(O)[C@H](O)[C@@H](O)C(=O)O. The van der Waals surface area contributed by atoms with Crippen molar-refractivity contribution in [3.63, 3.8) is 0 Å². The largest absolute Gasteiger partial charge is 0.496 e. The van der Waals surface area contributed by atoms with Crippen LogP contribution in [0.3, 0.4) is 0 Å². The van der Waals surface area contributed by atoms with Gasteiger partial charge in [0, 0.05) is 18.7 Å². The molecule has 0 radical (unpaired) electrons. The molecule has 1 aliphatic heterocycles. The van der Waals surface area contributed by atoms with E-state index >= 15 is 0 Å². The zero-order valence-electron chi connectivity index (χ0n) is 19.8. The highest BCUT2D eigenvalue weighted by Crippen LogP contribution is 2.29. The van der Waals surface area contributed by atoms with Crippen LogP contribution < -0.4 is 15.8 Å². The minimum Gasteiger partial charge on any atom is -0.496 e. The van der Waals surface area contributed by atoms with Gasteiger partial charge in [0.25, 0.3) is 5.91 Å². The molecule has 13 nitrogen and oxygen atoms in total. The van der Waals surface area contributed by atoms with E-state index < -0.39 is 34.0 Å². The number of aliphatic hydroxyl groups excluding tert-OH is 2. The first-order chi connectivity index (χ1) is 16.3. The van der Waals surface area contributed by atoms with Gasteiger partial charge < -0.3 is 36.2 Å². The van der Waals surface area contributed by atoms with E-state index in [9.17, 15) is 22.8 Å². The van der Waals surface area contributed by atoms with Crippen LogP contribution in [-0.4, -0.2) is 102 Å². The fraction of sp³-hybridized carbons (Fsp3) is 0.571. The Morgan fingerprint density at radius 3 is 2.20 bits per heavy atom. The van der Waals surface area contributed by atoms with Crippen molar-refractivity contribution in [2.45, 2.75) is 49.8 Å². The maximum Gasteiger partial charge on any atom is 0.335 e. The summed E-state index contributed by atoms with van der Waals surface area (Å²) in [5.74, 6) is -3.71. The summed E-state index contributed by atoms with van der Waals surface area (Å²) in [7, 11) is -2.10. The molecule has 7 N–H and O–H groups in total. The van der Waals surface area contributed by atoms with Crippen LogP contribution in [0.15, 0.2) is 17.0 Å². The highest BCUT2D eigenvalue weighted by atomic mass is 32.2. The molecule has 0 bridgehead atoms. The van der Waals surface area contributed by atoms with Gasteiger partial charge in [-0.1, -0.05) is 13.8 Å². The molecule has 1 saturated heterocycles. The van der Waals surface area contributed by atoms with E-state index in [-0.39, 0.29) is 33.6 Å². The molecule has 35 heavy (non-hydrogen) atoms. The maximum absolute atomic E-state index is 12.6. The molecule has 3 atom stereocenters. The van der Waals surface area contributed by atoms with Crippen LogP contribution in [-0.2, 0) is 19.4 Å². The van der Waals surface area contributed by atoms with Gasteiger partial charge >= 0.3 is 11.9 Å². The monoisotopic (exact) mass is 519 g/mol. The topological polar surface area (TPSA) is 217 Å². The highest BCUT2D eigenvalue weighted by Gasteiger charge is 2.29. The minimum atomic E-state index is -3.52. The number of nitrogens with zero attached hydrogens (tertiary/aromatic N) is 1. The number of nitrogen functional groups attached to an aromatic ring is 1. The number of amides is 1. The van der Waals surface area contributed by atoms with Crippen molar-refractivity contribution in [2.75, 3.05) is 38.2 Å². The first-order valence-electron chi connectivity index (χ1n) is 10.8. The maximum atomic E-state index is 12.6. The molecule has 0 aliphatic carbocycles. The number of aliphatic hydroxyl groups is 2. The van der Waals surface area contributed by atoms with E-state index in [0.717, 1.165) is 25.9 Å². The van der Waals surface area contributed by atoms with Crippen molar-refractivity contribution in [3.8, 4) is 5.75 Å². The van der Waals surface area contributed by atoms with Gasteiger partial charge in [0.2, 0.25) is 0 Å². The Bertz CT molecular complexity index is 997. The lowest BCUT2D eigenvalue weighted by Crippen LogP contribution is -2.40.